The van der Waals surface area contributed by atoms with E-state index < -0.39 is 0 Å². The number of halogens is 2. The summed E-state index contributed by atoms with van der Waals surface area (Å²) in [7, 11) is 0. The Labute approximate surface area is 144 Å². The number of nitrogens with one attached hydrogen (secondary N) is 1. The first-order chi connectivity index (χ1) is 10.2. The van der Waals surface area contributed by atoms with Crippen molar-refractivity contribution in [2.75, 3.05) is 0 Å². The van der Waals surface area contributed by atoms with E-state index >= 15 is 0 Å². The van der Waals surface area contributed by atoms with Gasteiger partial charge < -0.3 is 11.1 Å². The molecule has 0 aliphatic heterocycles. The zero-order valence-corrected chi connectivity index (χ0v) is 15.0. The average Bonchev–Trinajstić information content (AvgIpc) is 2.84. The van der Waals surface area contributed by atoms with E-state index in [0.29, 0.717) is 0 Å². The number of benzene rings is 1. The molecule has 3 nitrogen and oxygen atoms in total. The van der Waals surface area contributed by atoms with E-state index in [1.165, 1.54) is 12.1 Å². The molecule has 0 saturated heterocycles. The van der Waals surface area contributed by atoms with Crippen LogP contribution in [0.2, 0.25) is 0 Å². The topological polar surface area (TPSA) is 55.1 Å². The van der Waals surface area contributed by atoms with Gasteiger partial charge >= 0.3 is 0 Å². The lowest BCUT2D eigenvalue weighted by Crippen LogP contribution is -2.35. The third-order valence-corrected chi connectivity index (χ3v) is 4.25. The first-order valence-electron chi connectivity index (χ1n) is 8.06. The zero-order valence-electron chi connectivity index (χ0n) is 14.1. The van der Waals surface area contributed by atoms with Crippen LogP contribution in [0.1, 0.15) is 58.1 Å². The number of carbonyl (C=O) groups is 1. The van der Waals surface area contributed by atoms with Crippen LogP contribution in [0.4, 0.5) is 4.39 Å². The Kier molecular flexibility index (Phi) is 7.02. The molecule has 3 atom stereocenters. The van der Waals surface area contributed by atoms with Gasteiger partial charge in [-0.3, -0.25) is 4.79 Å². The Balaban J connectivity index is 0.00000264. The Morgan fingerprint density at radius 2 is 1.91 bits per heavy atom. The maximum Gasteiger partial charge on any atom is 0.223 e. The summed E-state index contributed by atoms with van der Waals surface area (Å²) in [6.07, 6.45) is 3.35. The van der Waals surface area contributed by atoms with Gasteiger partial charge in [-0.05, 0) is 48.8 Å². The van der Waals surface area contributed by atoms with Crippen LogP contribution in [0.25, 0.3) is 0 Å². The van der Waals surface area contributed by atoms with Gasteiger partial charge in [0, 0.05) is 12.0 Å². The summed E-state index contributed by atoms with van der Waals surface area (Å²) in [6, 6.07) is 6.46. The summed E-state index contributed by atoms with van der Waals surface area (Å²) in [6.45, 7) is 6.42. The Bertz CT molecular complexity index is 513. The lowest BCUT2D eigenvalue weighted by Gasteiger charge is -2.28. The van der Waals surface area contributed by atoms with E-state index in [4.69, 9.17) is 5.73 Å². The summed E-state index contributed by atoms with van der Waals surface area (Å²) in [4.78, 5) is 12.5. The fraction of sp³-hybridized carbons (Fsp3) is 0.611. The summed E-state index contributed by atoms with van der Waals surface area (Å²) < 4.78 is 13.1. The fourth-order valence-electron chi connectivity index (χ4n) is 3.10. The van der Waals surface area contributed by atoms with Gasteiger partial charge in [0.2, 0.25) is 5.91 Å². The molecule has 1 amide bonds. The van der Waals surface area contributed by atoms with Crippen LogP contribution >= 0.6 is 12.4 Å². The third-order valence-electron chi connectivity index (χ3n) is 4.25. The van der Waals surface area contributed by atoms with Crippen LogP contribution in [0.3, 0.4) is 0 Å². The second kappa shape index (κ2) is 8.11. The predicted octanol–water partition coefficient (Wildman–Crippen LogP) is 3.97. The highest BCUT2D eigenvalue weighted by atomic mass is 35.5. The van der Waals surface area contributed by atoms with Gasteiger partial charge in [0.25, 0.3) is 0 Å². The molecule has 1 aromatic carbocycles. The van der Waals surface area contributed by atoms with Crippen LogP contribution in [-0.2, 0) is 4.79 Å². The molecule has 3 unspecified atom stereocenters. The largest absolute Gasteiger partial charge is 0.349 e. The van der Waals surface area contributed by atoms with Crippen LogP contribution < -0.4 is 11.1 Å². The molecule has 0 heterocycles. The highest BCUT2D eigenvalue weighted by molar-refractivity contribution is 5.85. The number of nitrogens with two attached hydrogens (primary N) is 1. The summed E-state index contributed by atoms with van der Waals surface area (Å²) in [5.41, 5.74) is 6.92. The van der Waals surface area contributed by atoms with Crippen molar-refractivity contribution in [1.29, 1.82) is 0 Å². The second-order valence-electron chi connectivity index (χ2n) is 7.65. The lowest BCUT2D eigenvalue weighted by atomic mass is 9.85. The molecule has 0 radical (unpaired) electrons. The lowest BCUT2D eigenvalue weighted by molar-refractivity contribution is -0.125. The molecule has 3 N–H and O–H groups in total. The monoisotopic (exact) mass is 342 g/mol. The quantitative estimate of drug-likeness (QED) is 0.869. The molecule has 2 rings (SSSR count). The van der Waals surface area contributed by atoms with Crippen LogP contribution in [0, 0.1) is 17.2 Å². The molecule has 1 aromatic rings. The highest BCUT2D eigenvalue weighted by Crippen LogP contribution is 2.31. The molecular formula is C18H28ClFN2O. The van der Waals surface area contributed by atoms with Crippen molar-refractivity contribution in [3.05, 3.63) is 35.6 Å². The van der Waals surface area contributed by atoms with Gasteiger partial charge in [0.1, 0.15) is 5.82 Å². The maximum atomic E-state index is 13.1. The van der Waals surface area contributed by atoms with E-state index in [-0.39, 0.29) is 47.5 Å². The summed E-state index contributed by atoms with van der Waals surface area (Å²) in [5.74, 6) is -0.171. The molecule has 1 aliphatic rings. The molecule has 130 valence electrons. The van der Waals surface area contributed by atoms with Crippen molar-refractivity contribution in [3.8, 4) is 0 Å². The van der Waals surface area contributed by atoms with E-state index in [9.17, 15) is 9.18 Å². The number of carbonyl (C=O) groups excluding carboxylic acids is 1. The van der Waals surface area contributed by atoms with Crippen molar-refractivity contribution in [2.24, 2.45) is 17.1 Å². The Morgan fingerprint density at radius 1 is 1.30 bits per heavy atom. The highest BCUT2D eigenvalue weighted by Gasteiger charge is 2.30. The van der Waals surface area contributed by atoms with Gasteiger partial charge in [0.05, 0.1) is 6.04 Å². The normalized spacial score (nSPS) is 22.3. The minimum Gasteiger partial charge on any atom is -0.349 e. The van der Waals surface area contributed by atoms with Crippen molar-refractivity contribution < 1.29 is 9.18 Å². The second-order valence-corrected chi connectivity index (χ2v) is 7.65. The van der Waals surface area contributed by atoms with Crippen molar-refractivity contribution in [3.63, 3.8) is 0 Å². The smallest absolute Gasteiger partial charge is 0.223 e. The van der Waals surface area contributed by atoms with Crippen molar-refractivity contribution >= 4 is 18.3 Å². The van der Waals surface area contributed by atoms with Gasteiger partial charge in [-0.25, -0.2) is 4.39 Å². The Morgan fingerprint density at radius 3 is 2.39 bits per heavy atom. The van der Waals surface area contributed by atoms with Gasteiger partial charge in [-0.2, -0.15) is 0 Å². The molecule has 1 aliphatic carbocycles. The molecule has 1 saturated carbocycles. The number of hydrogen-bond donors (Lipinski definition) is 2. The molecule has 5 heteroatoms. The molecule has 0 bridgehead atoms. The molecular weight excluding hydrogens is 315 g/mol. The van der Waals surface area contributed by atoms with E-state index in [1.807, 2.05) is 0 Å². The SMILES string of the molecule is CC(C)(C)CC(NC(=O)C1CCC(N)C1)c1ccc(F)cc1.Cl. The van der Waals surface area contributed by atoms with Gasteiger partial charge in [0.15, 0.2) is 0 Å². The number of hydrogen-bond acceptors (Lipinski definition) is 2. The maximum absolute atomic E-state index is 13.1. The standard InChI is InChI=1S/C18H27FN2O.ClH/c1-18(2,3)11-16(12-4-7-14(19)8-5-12)21-17(22)13-6-9-15(20)10-13;/h4-5,7-8,13,15-16H,6,9-11,20H2,1-3H3,(H,21,22);1H. The molecule has 23 heavy (non-hydrogen) atoms. The van der Waals surface area contributed by atoms with Crippen molar-refractivity contribution in [2.45, 2.75) is 58.5 Å². The minimum atomic E-state index is -0.258. The van der Waals surface area contributed by atoms with E-state index in [2.05, 4.69) is 26.1 Å². The van der Waals surface area contributed by atoms with Crippen LogP contribution in [-0.4, -0.2) is 11.9 Å². The third kappa shape index (κ3) is 6.11. The summed E-state index contributed by atoms with van der Waals surface area (Å²) in [5, 5.41) is 3.15. The Hall–Kier alpha value is -1.13. The van der Waals surface area contributed by atoms with E-state index in [1.54, 1.807) is 12.1 Å². The summed E-state index contributed by atoms with van der Waals surface area (Å²) >= 11 is 0. The molecule has 0 aromatic heterocycles. The number of rotatable bonds is 4. The average molecular weight is 343 g/mol. The first kappa shape index (κ1) is 19.9. The predicted molar refractivity (Wildman–Crippen MR) is 93.9 cm³/mol. The molecule has 0 spiro atoms. The minimum absolute atomic E-state index is 0. The molecule has 1 fully saturated rings. The van der Waals surface area contributed by atoms with Crippen LogP contribution in [0.5, 0.6) is 0 Å². The van der Waals surface area contributed by atoms with Gasteiger partial charge in [-0.15, -0.1) is 12.4 Å². The number of amides is 1. The van der Waals surface area contributed by atoms with E-state index in [0.717, 1.165) is 31.2 Å². The van der Waals surface area contributed by atoms with Crippen molar-refractivity contribution in [1.82, 2.24) is 5.32 Å². The van der Waals surface area contributed by atoms with Gasteiger partial charge in [-0.1, -0.05) is 32.9 Å². The zero-order chi connectivity index (χ0) is 16.3. The van der Waals surface area contributed by atoms with Crippen LogP contribution in [0.15, 0.2) is 24.3 Å². The first-order valence-corrected chi connectivity index (χ1v) is 8.06. The fourth-order valence-corrected chi connectivity index (χ4v) is 3.10.